The lowest BCUT2D eigenvalue weighted by molar-refractivity contribution is -0.384. The summed E-state index contributed by atoms with van der Waals surface area (Å²) in [6.45, 7) is 1.55. The molecule has 10 nitrogen and oxygen atoms in total. The number of carbonyl (C=O) groups excluding carboxylic acids is 2. The van der Waals surface area contributed by atoms with Gasteiger partial charge in [0.25, 0.3) is 5.69 Å². The van der Waals surface area contributed by atoms with Gasteiger partial charge in [-0.05, 0) is 35.7 Å². The van der Waals surface area contributed by atoms with E-state index >= 15 is 0 Å². The highest BCUT2D eigenvalue weighted by Crippen LogP contribution is 2.24. The number of benzene rings is 3. The standard InChI is InChI=1S/C29H33FN4O6S/c1-3-4-17-31-29(36)27(18-22-9-6-5-7-10-22)32(20-23-13-15-24(30)16-14-23)28(35)21-33(41(2,39)40)25-11-8-12-26(19-25)34(37)38/h5-16,19,27H,3-4,17-18,20-21H2,1-2H3,(H,31,36)/t27-/m0/s1. The molecule has 0 spiro atoms. The lowest BCUT2D eigenvalue weighted by atomic mass is 10.0. The Bertz CT molecular complexity index is 1450. The summed E-state index contributed by atoms with van der Waals surface area (Å²) in [6, 6.07) is 18.4. The average molecular weight is 585 g/mol. The van der Waals surface area contributed by atoms with Crippen LogP contribution in [0.2, 0.25) is 0 Å². The number of halogens is 1. The van der Waals surface area contributed by atoms with Gasteiger partial charge < -0.3 is 10.2 Å². The molecule has 3 aromatic carbocycles. The number of nitrogens with zero attached hydrogens (tertiary/aromatic N) is 3. The summed E-state index contributed by atoms with van der Waals surface area (Å²) in [7, 11) is -4.08. The summed E-state index contributed by atoms with van der Waals surface area (Å²) in [5.74, 6) is -1.60. The second kappa shape index (κ2) is 14.4. The highest BCUT2D eigenvalue weighted by Gasteiger charge is 2.33. The van der Waals surface area contributed by atoms with Gasteiger partial charge in [-0.25, -0.2) is 12.8 Å². The van der Waals surface area contributed by atoms with E-state index in [1.54, 1.807) is 12.1 Å². The van der Waals surface area contributed by atoms with Crippen molar-refractivity contribution in [1.82, 2.24) is 10.2 Å². The second-order valence-electron chi connectivity index (χ2n) is 9.54. The van der Waals surface area contributed by atoms with E-state index in [1.807, 2.05) is 25.1 Å². The fourth-order valence-electron chi connectivity index (χ4n) is 4.22. The van der Waals surface area contributed by atoms with Gasteiger partial charge in [-0.15, -0.1) is 0 Å². The van der Waals surface area contributed by atoms with Crippen LogP contribution in [-0.2, 0) is 32.6 Å². The van der Waals surface area contributed by atoms with Crippen LogP contribution in [0.25, 0.3) is 0 Å². The summed E-state index contributed by atoms with van der Waals surface area (Å²) in [5, 5.41) is 14.2. The molecule has 218 valence electrons. The molecule has 0 saturated heterocycles. The molecule has 0 aliphatic rings. The van der Waals surface area contributed by atoms with Crippen LogP contribution < -0.4 is 9.62 Å². The van der Waals surface area contributed by atoms with Crippen molar-refractivity contribution in [1.29, 1.82) is 0 Å². The number of sulfonamides is 1. The van der Waals surface area contributed by atoms with Crippen molar-refractivity contribution in [3.63, 3.8) is 0 Å². The molecule has 3 aromatic rings. The maximum atomic E-state index is 14.0. The number of nitro benzene ring substituents is 1. The van der Waals surface area contributed by atoms with Crippen LogP contribution in [0.3, 0.4) is 0 Å². The molecule has 0 saturated carbocycles. The van der Waals surface area contributed by atoms with Crippen LogP contribution >= 0.6 is 0 Å². The van der Waals surface area contributed by atoms with Crippen LogP contribution in [0.5, 0.6) is 0 Å². The fraction of sp³-hybridized carbons (Fsp3) is 0.310. The minimum atomic E-state index is -4.08. The molecule has 0 aliphatic carbocycles. The number of rotatable bonds is 14. The smallest absolute Gasteiger partial charge is 0.271 e. The quantitative estimate of drug-likeness (QED) is 0.173. The monoisotopic (exact) mass is 584 g/mol. The highest BCUT2D eigenvalue weighted by atomic mass is 32.2. The van der Waals surface area contributed by atoms with Crippen LogP contribution in [0.4, 0.5) is 15.8 Å². The molecule has 0 bridgehead atoms. The first-order valence-corrected chi connectivity index (χ1v) is 14.9. The SMILES string of the molecule is CCCCNC(=O)[C@H](Cc1ccccc1)N(Cc1ccc(F)cc1)C(=O)CN(c1cccc([N+](=O)[O-])c1)S(C)(=O)=O. The van der Waals surface area contributed by atoms with Gasteiger partial charge in [-0.2, -0.15) is 0 Å². The van der Waals surface area contributed by atoms with E-state index in [0.29, 0.717) is 12.1 Å². The summed E-state index contributed by atoms with van der Waals surface area (Å²) in [6.07, 6.45) is 2.60. The summed E-state index contributed by atoms with van der Waals surface area (Å²) >= 11 is 0. The minimum Gasteiger partial charge on any atom is -0.354 e. The average Bonchev–Trinajstić information content (AvgIpc) is 2.94. The van der Waals surface area contributed by atoms with E-state index < -0.39 is 45.2 Å². The molecule has 12 heteroatoms. The molecular formula is C29H33FN4O6S. The van der Waals surface area contributed by atoms with Crippen molar-refractivity contribution in [2.24, 2.45) is 0 Å². The molecule has 3 rings (SSSR count). The fourth-order valence-corrected chi connectivity index (χ4v) is 5.06. The number of nitro groups is 1. The molecule has 1 N–H and O–H groups in total. The Hall–Kier alpha value is -4.32. The Morgan fingerprint density at radius 1 is 1.00 bits per heavy atom. The molecule has 0 unspecified atom stereocenters. The molecule has 0 radical (unpaired) electrons. The highest BCUT2D eigenvalue weighted by molar-refractivity contribution is 7.92. The van der Waals surface area contributed by atoms with Crippen LogP contribution in [0.15, 0.2) is 78.9 Å². The third-order valence-electron chi connectivity index (χ3n) is 6.37. The minimum absolute atomic E-state index is 0.0659. The first-order valence-electron chi connectivity index (χ1n) is 13.1. The molecular weight excluding hydrogens is 551 g/mol. The van der Waals surface area contributed by atoms with Gasteiger partial charge in [-0.1, -0.05) is 61.9 Å². The van der Waals surface area contributed by atoms with Crippen molar-refractivity contribution < 1.29 is 27.3 Å². The van der Waals surface area contributed by atoms with E-state index in [-0.39, 0.29) is 24.3 Å². The van der Waals surface area contributed by atoms with Crippen molar-refractivity contribution in [3.8, 4) is 0 Å². The normalized spacial score (nSPS) is 11.9. The molecule has 0 aliphatic heterocycles. The largest absolute Gasteiger partial charge is 0.354 e. The number of amides is 2. The molecule has 0 heterocycles. The molecule has 41 heavy (non-hydrogen) atoms. The van der Waals surface area contributed by atoms with Gasteiger partial charge in [-0.3, -0.25) is 24.0 Å². The molecule has 0 fully saturated rings. The Morgan fingerprint density at radius 3 is 2.29 bits per heavy atom. The number of hydrogen-bond donors (Lipinski definition) is 1. The Morgan fingerprint density at radius 2 is 1.68 bits per heavy atom. The first kappa shape index (κ1) is 31.2. The Kier molecular flexibility index (Phi) is 10.9. The van der Waals surface area contributed by atoms with Crippen molar-refractivity contribution in [2.45, 2.75) is 38.8 Å². The number of carbonyl (C=O) groups is 2. The Labute approximate surface area is 239 Å². The zero-order chi connectivity index (χ0) is 30.0. The predicted molar refractivity (Wildman–Crippen MR) is 154 cm³/mol. The van der Waals surface area contributed by atoms with E-state index in [0.717, 1.165) is 35.0 Å². The second-order valence-corrected chi connectivity index (χ2v) is 11.5. The molecule has 1 atom stereocenters. The van der Waals surface area contributed by atoms with E-state index in [9.17, 15) is 32.5 Å². The van der Waals surface area contributed by atoms with E-state index in [2.05, 4.69) is 5.32 Å². The van der Waals surface area contributed by atoms with Gasteiger partial charge in [0, 0.05) is 31.6 Å². The number of non-ortho nitro benzene ring substituents is 1. The zero-order valence-electron chi connectivity index (χ0n) is 22.9. The van der Waals surface area contributed by atoms with Gasteiger partial charge in [0.1, 0.15) is 18.4 Å². The van der Waals surface area contributed by atoms with Gasteiger partial charge in [0.2, 0.25) is 21.8 Å². The lowest BCUT2D eigenvalue weighted by Gasteiger charge is -2.33. The lowest BCUT2D eigenvalue weighted by Crippen LogP contribution is -2.53. The van der Waals surface area contributed by atoms with Crippen LogP contribution in [0.1, 0.15) is 30.9 Å². The van der Waals surface area contributed by atoms with Gasteiger partial charge in [0.15, 0.2) is 0 Å². The zero-order valence-corrected chi connectivity index (χ0v) is 23.7. The maximum Gasteiger partial charge on any atom is 0.271 e. The van der Waals surface area contributed by atoms with Gasteiger partial charge in [0.05, 0.1) is 16.9 Å². The first-order chi connectivity index (χ1) is 19.5. The predicted octanol–water partition coefficient (Wildman–Crippen LogP) is 4.06. The van der Waals surface area contributed by atoms with E-state index in [1.165, 1.54) is 47.4 Å². The van der Waals surface area contributed by atoms with Crippen molar-refractivity contribution >= 4 is 33.2 Å². The van der Waals surface area contributed by atoms with Crippen molar-refractivity contribution in [3.05, 3.63) is 106 Å². The summed E-state index contributed by atoms with van der Waals surface area (Å²) < 4.78 is 40.0. The number of unbranched alkanes of at least 4 members (excludes halogenated alkanes) is 1. The van der Waals surface area contributed by atoms with E-state index in [4.69, 9.17) is 0 Å². The van der Waals surface area contributed by atoms with Crippen LogP contribution in [0, 0.1) is 15.9 Å². The van der Waals surface area contributed by atoms with Gasteiger partial charge >= 0.3 is 0 Å². The van der Waals surface area contributed by atoms with Crippen molar-refractivity contribution in [2.75, 3.05) is 23.7 Å². The topological polar surface area (TPSA) is 130 Å². The maximum absolute atomic E-state index is 14.0. The third kappa shape index (κ3) is 9.10. The molecule has 2 amide bonds. The third-order valence-corrected chi connectivity index (χ3v) is 7.52. The van der Waals surface area contributed by atoms with Crippen LogP contribution in [-0.4, -0.2) is 55.4 Å². The number of nitrogens with one attached hydrogen (secondary N) is 1. The summed E-state index contributed by atoms with van der Waals surface area (Å²) in [4.78, 5) is 39.4. The number of hydrogen-bond acceptors (Lipinski definition) is 6. The number of anilines is 1. The Balaban J connectivity index is 2.04. The summed E-state index contributed by atoms with van der Waals surface area (Å²) in [5.41, 5.74) is 0.895. The molecule has 0 aromatic heterocycles.